The van der Waals surface area contributed by atoms with Crippen LogP contribution in [0.4, 0.5) is 17.1 Å². The number of fused-ring (bicyclic) bond motifs is 1. The van der Waals surface area contributed by atoms with E-state index in [1.165, 1.54) is 38.4 Å². The first-order valence-corrected chi connectivity index (χ1v) is 14.8. The molecule has 3 aliphatic rings. The summed E-state index contributed by atoms with van der Waals surface area (Å²) >= 11 is 5.16. The van der Waals surface area contributed by atoms with Crippen molar-refractivity contribution in [2.24, 2.45) is 16.5 Å². The molecule has 12 heteroatoms. The number of nitrogen functional groups attached to an aromatic ring is 1. The lowest BCUT2D eigenvalue weighted by Crippen LogP contribution is -3.00. The largest absolute Gasteiger partial charge is 1.00 e. The molecule has 47 heavy (non-hydrogen) atoms. The predicted molar refractivity (Wildman–Crippen MR) is 190 cm³/mol. The number of hydrogen-bond donors (Lipinski definition) is 4. The van der Waals surface area contributed by atoms with Gasteiger partial charge in [-0.1, -0.05) is 40.0 Å². The van der Waals surface area contributed by atoms with Crippen LogP contribution in [-0.2, 0) is 23.9 Å². The molecule has 5 rings (SSSR count). The van der Waals surface area contributed by atoms with Gasteiger partial charge in [0, 0.05) is 30.8 Å². The number of benzene rings is 2. The first-order chi connectivity index (χ1) is 20.9. The van der Waals surface area contributed by atoms with Crippen molar-refractivity contribution in [2.75, 3.05) is 32.3 Å². The molecule has 0 amide bonds. The number of anilines is 2. The quantitative estimate of drug-likeness (QED) is 0.147. The average Bonchev–Trinajstić information content (AvgIpc) is 3.32. The van der Waals surface area contributed by atoms with Crippen molar-refractivity contribution in [1.29, 1.82) is 0 Å². The van der Waals surface area contributed by atoms with E-state index in [0.717, 1.165) is 60.3 Å². The van der Waals surface area contributed by atoms with Crippen LogP contribution in [-0.4, -0.2) is 55.2 Å². The third-order valence-corrected chi connectivity index (χ3v) is 8.51. The Morgan fingerprint density at radius 2 is 1.43 bits per heavy atom. The van der Waals surface area contributed by atoms with Crippen LogP contribution in [0.1, 0.15) is 82.9 Å². The van der Waals surface area contributed by atoms with Crippen molar-refractivity contribution in [3.8, 4) is 0 Å². The van der Waals surface area contributed by atoms with E-state index in [1.54, 1.807) is 25.3 Å². The number of nitrogens with two attached hydrogens (primary N) is 3. The number of aliphatic imine (C=N–C) groups is 1. The van der Waals surface area contributed by atoms with E-state index in [1.807, 2.05) is 24.3 Å². The van der Waals surface area contributed by atoms with Gasteiger partial charge in [0.05, 0.1) is 42.4 Å². The van der Waals surface area contributed by atoms with Gasteiger partial charge in [-0.15, -0.1) is 0 Å². The van der Waals surface area contributed by atoms with Crippen molar-refractivity contribution in [3.05, 3.63) is 65.2 Å². The Morgan fingerprint density at radius 1 is 0.915 bits per heavy atom. The zero-order valence-corrected chi connectivity index (χ0v) is 27.6. The molecule has 260 valence electrons. The van der Waals surface area contributed by atoms with Gasteiger partial charge in [-0.05, 0) is 97.2 Å². The Hall–Kier alpha value is -3.70. The second kappa shape index (κ2) is 19.2. The fourth-order valence-corrected chi connectivity index (χ4v) is 5.18. The lowest BCUT2D eigenvalue weighted by molar-refractivity contribution is -0.135. The van der Waals surface area contributed by atoms with Crippen LogP contribution < -0.4 is 34.9 Å². The van der Waals surface area contributed by atoms with E-state index in [9.17, 15) is 14.4 Å². The molecule has 2 aliphatic carbocycles. The maximum Gasteiger partial charge on any atom is 0.330 e. The standard InChI is InChI=1S/C17H20N2O2.C11H14N2O2.C5H8ClNO.2CH4.ClH/c1-11-13-6-4-12(5-7-15(20)21-2)10-14(13)19-16(11)17(18)8-3-9-17;1-13-10-5-3-8(7-9(10)12)4-6-11(14)15-2;6-4(8)5(7)2-1-3-5;;;/h4-7,10-11H,3,8-9,18H2,1-2H3;3-7,13H,12H2,1-2H3;1-3,7H2;2*1H4;1H/p-1/b7-5+;6-4+;;;;. The summed E-state index contributed by atoms with van der Waals surface area (Å²) in [5.74, 6) is -0.460. The fourth-order valence-electron chi connectivity index (χ4n) is 4.99. The molecule has 2 aromatic rings. The van der Waals surface area contributed by atoms with Gasteiger partial charge in [0.2, 0.25) is 5.24 Å². The van der Waals surface area contributed by atoms with E-state index >= 15 is 0 Å². The van der Waals surface area contributed by atoms with E-state index in [0.29, 0.717) is 5.69 Å². The number of rotatable bonds is 7. The Morgan fingerprint density at radius 3 is 1.81 bits per heavy atom. The number of ether oxygens (including phenoxy) is 2. The molecule has 0 saturated heterocycles. The molecular weight excluding hydrogens is 641 g/mol. The highest BCUT2D eigenvalue weighted by molar-refractivity contribution is 6.65. The van der Waals surface area contributed by atoms with Crippen molar-refractivity contribution < 1.29 is 36.3 Å². The molecular formula is C35H50Cl2N5O5-. The van der Waals surface area contributed by atoms with Crippen LogP contribution in [0.15, 0.2) is 53.5 Å². The molecule has 0 radical (unpaired) electrons. The summed E-state index contributed by atoms with van der Waals surface area (Å²) in [7, 11) is 4.51. The fraction of sp³-hybridized carbons (Fsp3) is 0.429. The van der Waals surface area contributed by atoms with Gasteiger partial charge >= 0.3 is 11.9 Å². The van der Waals surface area contributed by atoms with Crippen LogP contribution in [0.2, 0.25) is 0 Å². The summed E-state index contributed by atoms with van der Waals surface area (Å²) in [4.78, 5) is 37.2. The topological polar surface area (TPSA) is 172 Å². The number of carbonyl (C=O) groups excluding carboxylic acids is 3. The molecule has 1 atom stereocenters. The number of methoxy groups -OCH3 is 2. The molecule has 2 aromatic carbocycles. The third kappa shape index (κ3) is 11.2. The first kappa shape index (κ1) is 43.3. The molecule has 0 spiro atoms. The van der Waals surface area contributed by atoms with E-state index < -0.39 is 5.54 Å². The minimum Gasteiger partial charge on any atom is -1.00 e. The molecule has 7 N–H and O–H groups in total. The Balaban J connectivity index is 0.000000717. The maximum atomic E-state index is 11.1. The summed E-state index contributed by atoms with van der Waals surface area (Å²) in [6.45, 7) is 2.17. The number of carbonyl (C=O) groups is 3. The highest BCUT2D eigenvalue weighted by Gasteiger charge is 2.43. The molecule has 0 aromatic heterocycles. The summed E-state index contributed by atoms with van der Waals surface area (Å²) in [5.41, 5.74) is 23.4. The maximum absolute atomic E-state index is 11.1. The molecule has 1 unspecified atom stereocenters. The predicted octanol–water partition coefficient (Wildman–Crippen LogP) is 3.35. The summed E-state index contributed by atoms with van der Waals surface area (Å²) in [5, 5.41) is 2.57. The Kier molecular flexibility index (Phi) is 17.7. The number of esters is 2. The van der Waals surface area contributed by atoms with Crippen LogP contribution in [0.25, 0.3) is 12.2 Å². The second-order valence-corrected chi connectivity index (χ2v) is 11.5. The first-order valence-electron chi connectivity index (χ1n) is 14.5. The van der Waals surface area contributed by atoms with Gasteiger partial charge in [0.1, 0.15) is 0 Å². The van der Waals surface area contributed by atoms with Crippen LogP contribution in [0.3, 0.4) is 0 Å². The van der Waals surface area contributed by atoms with Crippen molar-refractivity contribution in [1.82, 2.24) is 0 Å². The Labute approximate surface area is 290 Å². The monoisotopic (exact) mass is 690 g/mol. The zero-order valence-electron chi connectivity index (χ0n) is 26.1. The van der Waals surface area contributed by atoms with Gasteiger partial charge in [0.25, 0.3) is 0 Å². The zero-order chi connectivity index (χ0) is 32.5. The molecule has 1 heterocycles. The van der Waals surface area contributed by atoms with E-state index in [4.69, 9.17) is 33.8 Å². The molecule has 2 saturated carbocycles. The average molecular weight is 692 g/mol. The second-order valence-electron chi connectivity index (χ2n) is 11.1. The summed E-state index contributed by atoms with van der Waals surface area (Å²) in [6.07, 6.45) is 12.0. The summed E-state index contributed by atoms with van der Waals surface area (Å²) in [6, 6.07) is 11.6. The van der Waals surface area contributed by atoms with Crippen LogP contribution >= 0.6 is 11.6 Å². The normalized spacial score (nSPS) is 17.5. The highest BCUT2D eigenvalue weighted by atomic mass is 35.5. The molecule has 10 nitrogen and oxygen atoms in total. The lowest BCUT2D eigenvalue weighted by atomic mass is 9.70. The van der Waals surface area contributed by atoms with Crippen molar-refractivity contribution >= 4 is 63.7 Å². The highest BCUT2D eigenvalue weighted by Crippen LogP contribution is 2.44. The number of nitrogens with one attached hydrogen (secondary N) is 1. The lowest BCUT2D eigenvalue weighted by Gasteiger charge is -2.39. The van der Waals surface area contributed by atoms with Gasteiger partial charge in [-0.25, -0.2) is 9.59 Å². The summed E-state index contributed by atoms with van der Waals surface area (Å²) < 4.78 is 9.07. The van der Waals surface area contributed by atoms with Gasteiger partial charge < -0.3 is 44.4 Å². The van der Waals surface area contributed by atoms with Crippen molar-refractivity contribution in [3.63, 3.8) is 0 Å². The number of hydrogen-bond acceptors (Lipinski definition) is 10. The number of halogens is 2. The van der Waals surface area contributed by atoms with Crippen molar-refractivity contribution in [2.45, 2.75) is 77.3 Å². The van der Waals surface area contributed by atoms with E-state index in [-0.39, 0.29) is 55.9 Å². The number of nitrogens with zero attached hydrogens (tertiary/aromatic N) is 1. The Bertz CT molecular complexity index is 1470. The van der Waals surface area contributed by atoms with Crippen LogP contribution in [0.5, 0.6) is 0 Å². The van der Waals surface area contributed by atoms with Gasteiger partial charge in [-0.3, -0.25) is 9.79 Å². The minimum atomic E-state index is -0.651. The van der Waals surface area contributed by atoms with Gasteiger partial charge in [0.15, 0.2) is 0 Å². The minimum absolute atomic E-state index is 0. The molecule has 1 aliphatic heterocycles. The van der Waals surface area contributed by atoms with E-state index in [2.05, 4.69) is 27.8 Å². The molecule has 0 bridgehead atoms. The third-order valence-electron chi connectivity index (χ3n) is 8.14. The smallest absolute Gasteiger partial charge is 0.330 e. The van der Waals surface area contributed by atoms with Gasteiger partial charge in [-0.2, -0.15) is 0 Å². The molecule has 2 fully saturated rings. The van der Waals surface area contributed by atoms with Crippen LogP contribution in [0, 0.1) is 0 Å². The SMILES string of the molecule is C.C.CNc1ccc(/C=C/C(=O)OC)cc1N.COC(=O)/C=C/c1ccc2c(c1)N=C(C1(N)CCC1)C2C.NC1(C(=O)Cl)CCC1.[Cl-].